The van der Waals surface area contributed by atoms with Gasteiger partial charge in [0.1, 0.15) is 5.15 Å². The molecule has 1 amide bonds. The fourth-order valence-electron chi connectivity index (χ4n) is 2.57. The summed E-state index contributed by atoms with van der Waals surface area (Å²) in [7, 11) is 0. The van der Waals surface area contributed by atoms with Crippen LogP contribution in [0.3, 0.4) is 0 Å². The molecule has 0 aliphatic carbocycles. The fourth-order valence-corrected chi connectivity index (χ4v) is 2.79. The highest BCUT2D eigenvalue weighted by Gasteiger charge is 2.17. The average Bonchev–Trinajstić information content (AvgIpc) is 2.90. The molecule has 1 aliphatic heterocycles. The maximum atomic E-state index is 12.2. The van der Waals surface area contributed by atoms with Gasteiger partial charge in [-0.2, -0.15) is 0 Å². The molecule has 0 spiro atoms. The Hall–Kier alpha value is -1.13. The molecule has 2 rings (SSSR count). The lowest BCUT2D eigenvalue weighted by atomic mass is 10.2. The van der Waals surface area contributed by atoms with Crippen LogP contribution in [-0.2, 0) is 6.42 Å². The molecule has 4 nitrogen and oxygen atoms in total. The van der Waals surface area contributed by atoms with E-state index >= 15 is 0 Å². The second-order valence-corrected chi connectivity index (χ2v) is 5.79. The number of halogens is 1. The van der Waals surface area contributed by atoms with Crippen LogP contribution in [0.1, 0.15) is 42.7 Å². The molecule has 0 bridgehead atoms. The van der Waals surface area contributed by atoms with Crippen molar-refractivity contribution in [2.75, 3.05) is 19.6 Å². The van der Waals surface area contributed by atoms with Crippen molar-refractivity contribution in [3.05, 3.63) is 28.5 Å². The summed E-state index contributed by atoms with van der Waals surface area (Å²) in [5, 5.41) is 3.41. The normalized spacial score (nSPS) is 17.1. The monoisotopic (exact) mass is 295 g/mol. The van der Waals surface area contributed by atoms with Crippen molar-refractivity contribution in [3.8, 4) is 0 Å². The maximum absolute atomic E-state index is 12.2. The van der Waals surface area contributed by atoms with Gasteiger partial charge in [-0.25, -0.2) is 4.98 Å². The molecule has 2 heterocycles. The first-order valence-electron chi connectivity index (χ1n) is 7.28. The minimum atomic E-state index is -0.0734. The molecule has 1 fully saturated rings. The Balaban J connectivity index is 1.94. The van der Waals surface area contributed by atoms with E-state index in [2.05, 4.69) is 15.2 Å². The number of hydrogen-bond acceptors (Lipinski definition) is 3. The summed E-state index contributed by atoms with van der Waals surface area (Å²) in [4.78, 5) is 18.8. The number of aromatic nitrogens is 1. The molecule has 0 radical (unpaired) electrons. The van der Waals surface area contributed by atoms with E-state index in [0.717, 1.165) is 31.7 Å². The summed E-state index contributed by atoms with van der Waals surface area (Å²) in [6.45, 7) is 7.23. The zero-order valence-corrected chi connectivity index (χ0v) is 12.9. The van der Waals surface area contributed by atoms with Gasteiger partial charge in [-0.3, -0.25) is 4.79 Å². The van der Waals surface area contributed by atoms with Crippen LogP contribution >= 0.6 is 11.6 Å². The van der Waals surface area contributed by atoms with Gasteiger partial charge in [0, 0.05) is 23.8 Å². The summed E-state index contributed by atoms with van der Waals surface area (Å²) in [5.74, 6) is -0.0734. The summed E-state index contributed by atoms with van der Waals surface area (Å²) in [6, 6.07) is 3.57. The Labute approximate surface area is 125 Å². The second kappa shape index (κ2) is 7.04. The molecule has 20 heavy (non-hydrogen) atoms. The van der Waals surface area contributed by atoms with E-state index < -0.39 is 0 Å². The number of amides is 1. The number of hydrogen-bond donors (Lipinski definition) is 1. The number of aryl methyl sites for hydroxylation is 1. The van der Waals surface area contributed by atoms with Crippen molar-refractivity contribution in [1.29, 1.82) is 0 Å². The first kappa shape index (κ1) is 15.3. The molecular weight excluding hydrogens is 274 g/mol. The first-order chi connectivity index (χ1) is 9.58. The van der Waals surface area contributed by atoms with Crippen molar-refractivity contribution < 1.29 is 4.79 Å². The van der Waals surface area contributed by atoms with Crippen molar-refractivity contribution in [2.24, 2.45) is 0 Å². The molecule has 1 aromatic heterocycles. The van der Waals surface area contributed by atoms with E-state index in [0.29, 0.717) is 10.7 Å². The molecule has 110 valence electrons. The van der Waals surface area contributed by atoms with Crippen LogP contribution in [0.25, 0.3) is 0 Å². The van der Waals surface area contributed by atoms with Gasteiger partial charge >= 0.3 is 0 Å². The highest BCUT2D eigenvalue weighted by atomic mass is 35.5. The first-order valence-corrected chi connectivity index (χ1v) is 7.66. The lowest BCUT2D eigenvalue weighted by molar-refractivity contribution is 0.0931. The maximum Gasteiger partial charge on any atom is 0.251 e. The Kier molecular flexibility index (Phi) is 5.38. The zero-order chi connectivity index (χ0) is 14.5. The van der Waals surface area contributed by atoms with Crippen molar-refractivity contribution in [3.63, 3.8) is 0 Å². The fraction of sp³-hybridized carbons (Fsp3) is 0.600. The van der Waals surface area contributed by atoms with Crippen LogP contribution in [0.2, 0.25) is 5.15 Å². The topological polar surface area (TPSA) is 45.2 Å². The van der Waals surface area contributed by atoms with Crippen LogP contribution in [0.5, 0.6) is 0 Å². The van der Waals surface area contributed by atoms with Gasteiger partial charge in [-0.1, -0.05) is 18.5 Å². The number of likely N-dealkylation sites (tertiary alicyclic amines) is 1. The number of rotatable bonds is 5. The molecular formula is C15H22ClN3O. The molecule has 1 aromatic rings. The number of carbonyl (C=O) groups is 1. The molecule has 1 unspecified atom stereocenters. The highest BCUT2D eigenvalue weighted by molar-refractivity contribution is 6.29. The number of nitrogens with one attached hydrogen (secondary N) is 1. The summed E-state index contributed by atoms with van der Waals surface area (Å²) in [5.41, 5.74) is 1.44. The Bertz CT molecular complexity index is 472. The molecule has 5 heteroatoms. The van der Waals surface area contributed by atoms with Gasteiger partial charge in [0.2, 0.25) is 0 Å². The Morgan fingerprint density at radius 1 is 1.45 bits per heavy atom. The Morgan fingerprint density at radius 3 is 2.80 bits per heavy atom. The average molecular weight is 296 g/mol. The number of carbonyl (C=O) groups excluding carboxylic acids is 1. The van der Waals surface area contributed by atoms with Gasteiger partial charge < -0.3 is 10.2 Å². The molecule has 1 saturated heterocycles. The second-order valence-electron chi connectivity index (χ2n) is 5.41. The zero-order valence-electron chi connectivity index (χ0n) is 12.2. The largest absolute Gasteiger partial charge is 0.348 e. The number of nitrogens with zero attached hydrogens (tertiary/aromatic N) is 2. The van der Waals surface area contributed by atoms with E-state index in [9.17, 15) is 4.79 Å². The van der Waals surface area contributed by atoms with Crippen LogP contribution < -0.4 is 5.32 Å². The van der Waals surface area contributed by atoms with Gasteiger partial charge in [0.05, 0.1) is 0 Å². The van der Waals surface area contributed by atoms with Crippen LogP contribution in [0.4, 0.5) is 0 Å². The lowest BCUT2D eigenvalue weighted by Gasteiger charge is -2.21. The van der Waals surface area contributed by atoms with Gasteiger partial charge in [-0.15, -0.1) is 0 Å². The van der Waals surface area contributed by atoms with Crippen LogP contribution in [0, 0.1) is 0 Å². The predicted octanol–water partition coefficient (Wildman–Crippen LogP) is 2.51. The Morgan fingerprint density at radius 2 is 2.15 bits per heavy atom. The minimum absolute atomic E-state index is 0.0734. The third kappa shape index (κ3) is 4.18. The van der Waals surface area contributed by atoms with Crippen molar-refractivity contribution in [1.82, 2.24) is 15.2 Å². The lowest BCUT2D eigenvalue weighted by Crippen LogP contribution is -2.41. The summed E-state index contributed by atoms with van der Waals surface area (Å²) >= 11 is 5.95. The van der Waals surface area contributed by atoms with Crippen molar-refractivity contribution >= 4 is 17.5 Å². The van der Waals surface area contributed by atoms with Gasteiger partial charge in [0.15, 0.2) is 0 Å². The summed E-state index contributed by atoms with van der Waals surface area (Å²) in [6.07, 6.45) is 3.30. The van der Waals surface area contributed by atoms with Crippen molar-refractivity contribution in [2.45, 2.75) is 39.2 Å². The van der Waals surface area contributed by atoms with Gasteiger partial charge in [-0.05, 0) is 51.4 Å². The van der Waals surface area contributed by atoms with E-state index in [-0.39, 0.29) is 11.9 Å². The van der Waals surface area contributed by atoms with E-state index in [1.165, 1.54) is 12.8 Å². The third-order valence-corrected chi connectivity index (χ3v) is 3.77. The summed E-state index contributed by atoms with van der Waals surface area (Å²) < 4.78 is 0. The van der Waals surface area contributed by atoms with E-state index in [1.807, 2.05) is 19.9 Å². The quantitative estimate of drug-likeness (QED) is 0.849. The minimum Gasteiger partial charge on any atom is -0.348 e. The van der Waals surface area contributed by atoms with Crippen LogP contribution in [-0.4, -0.2) is 41.5 Å². The standard InChI is InChI=1S/C15H22ClN3O/c1-3-13-8-12(9-14(16)18-13)15(20)17-11(2)10-19-6-4-5-7-19/h8-9,11H,3-7,10H2,1-2H3,(H,17,20). The van der Waals surface area contributed by atoms with Crippen LogP contribution in [0.15, 0.2) is 12.1 Å². The number of pyridine rings is 1. The molecule has 1 atom stereocenters. The SMILES string of the molecule is CCc1cc(C(=O)NC(C)CN2CCCC2)cc(Cl)n1. The molecule has 0 aromatic carbocycles. The highest BCUT2D eigenvalue weighted by Crippen LogP contribution is 2.12. The van der Waals surface area contributed by atoms with E-state index in [1.54, 1.807) is 6.07 Å². The predicted molar refractivity (Wildman–Crippen MR) is 81.2 cm³/mol. The van der Waals surface area contributed by atoms with E-state index in [4.69, 9.17) is 11.6 Å². The third-order valence-electron chi connectivity index (χ3n) is 3.58. The van der Waals surface area contributed by atoms with Gasteiger partial charge in [0.25, 0.3) is 5.91 Å². The molecule has 1 N–H and O–H groups in total. The smallest absolute Gasteiger partial charge is 0.251 e. The molecule has 0 saturated carbocycles. The molecule has 1 aliphatic rings.